The molecule has 1 aromatic heterocycles. The monoisotopic (exact) mass is 509 g/mol. The Morgan fingerprint density at radius 1 is 1.05 bits per heavy atom. The number of ether oxygens (including phenoxy) is 1. The van der Waals surface area contributed by atoms with E-state index in [0.717, 1.165) is 65.5 Å². The van der Waals surface area contributed by atoms with Crippen LogP contribution in [0.2, 0.25) is 0 Å². The van der Waals surface area contributed by atoms with Crippen molar-refractivity contribution in [1.29, 1.82) is 0 Å². The summed E-state index contributed by atoms with van der Waals surface area (Å²) in [5, 5.41) is 0. The molecule has 1 aliphatic carbocycles. The van der Waals surface area contributed by atoms with Crippen molar-refractivity contribution in [3.63, 3.8) is 0 Å². The van der Waals surface area contributed by atoms with E-state index in [2.05, 4.69) is 34.3 Å². The number of aryl methyl sites for hydroxylation is 1. The van der Waals surface area contributed by atoms with E-state index in [0.29, 0.717) is 5.92 Å². The molecule has 37 heavy (non-hydrogen) atoms. The Morgan fingerprint density at radius 3 is 1.97 bits per heavy atom. The van der Waals surface area contributed by atoms with Crippen LogP contribution in [0.1, 0.15) is 110 Å². The largest absolute Gasteiger partial charge is 0.497 e. The zero-order valence-corrected chi connectivity index (χ0v) is 25.3. The van der Waals surface area contributed by atoms with E-state index in [9.17, 15) is 9.59 Å². The van der Waals surface area contributed by atoms with Gasteiger partial charge in [-0.1, -0.05) is 74.1 Å². The first-order chi connectivity index (χ1) is 17.6. The van der Waals surface area contributed by atoms with Crippen molar-refractivity contribution in [3.05, 3.63) is 75.7 Å². The molecular formula is C33H51NO3. The molecule has 4 nitrogen and oxygen atoms in total. The van der Waals surface area contributed by atoms with Gasteiger partial charge in [-0.2, -0.15) is 0 Å². The van der Waals surface area contributed by atoms with Crippen LogP contribution in [-0.4, -0.2) is 17.5 Å². The zero-order valence-electron chi connectivity index (χ0n) is 25.3. The molecule has 1 saturated carbocycles. The van der Waals surface area contributed by atoms with Crippen LogP contribution in [0.25, 0.3) is 11.1 Å². The molecular weight excluding hydrogens is 458 g/mol. The van der Waals surface area contributed by atoms with Gasteiger partial charge in [0, 0.05) is 24.5 Å². The lowest BCUT2D eigenvalue weighted by molar-refractivity contribution is 0.101. The number of allylic oxidation sites excluding steroid dienone is 3. The molecule has 0 saturated heterocycles. The van der Waals surface area contributed by atoms with Crippen LogP contribution < -0.4 is 10.2 Å². The van der Waals surface area contributed by atoms with Gasteiger partial charge in [0.1, 0.15) is 5.75 Å². The molecule has 206 valence electrons. The Hall–Kier alpha value is -2.88. The van der Waals surface area contributed by atoms with Gasteiger partial charge in [0.25, 0.3) is 0 Å². The van der Waals surface area contributed by atoms with Crippen molar-refractivity contribution in [3.8, 4) is 5.75 Å². The van der Waals surface area contributed by atoms with Crippen molar-refractivity contribution < 1.29 is 9.53 Å². The fourth-order valence-corrected chi connectivity index (χ4v) is 3.75. The van der Waals surface area contributed by atoms with Gasteiger partial charge in [-0.3, -0.25) is 9.59 Å². The van der Waals surface area contributed by atoms with E-state index >= 15 is 0 Å². The van der Waals surface area contributed by atoms with Crippen LogP contribution in [0.3, 0.4) is 0 Å². The van der Waals surface area contributed by atoms with Gasteiger partial charge in [-0.05, 0) is 79.4 Å². The maximum Gasteiger partial charge on any atom is 0.192 e. The third-order valence-corrected chi connectivity index (χ3v) is 5.50. The Labute approximate surface area is 226 Å². The van der Waals surface area contributed by atoms with Crippen LogP contribution in [0.4, 0.5) is 0 Å². The Bertz CT molecular complexity index is 1060. The number of carbonyl (C=O) groups is 1. The first-order valence-corrected chi connectivity index (χ1v) is 13.9. The smallest absolute Gasteiger partial charge is 0.192 e. The number of nitrogens with zero attached hydrogens (tertiary/aromatic N) is 1. The van der Waals surface area contributed by atoms with Crippen molar-refractivity contribution in [2.45, 2.75) is 95.0 Å². The summed E-state index contributed by atoms with van der Waals surface area (Å²) in [7, 11) is 1.65. The van der Waals surface area contributed by atoms with Gasteiger partial charge in [0.15, 0.2) is 11.2 Å². The van der Waals surface area contributed by atoms with Gasteiger partial charge in [-0.25, -0.2) is 0 Å². The highest BCUT2D eigenvalue weighted by molar-refractivity contribution is 5.98. The Morgan fingerprint density at radius 2 is 1.57 bits per heavy atom. The summed E-state index contributed by atoms with van der Waals surface area (Å²) in [5.74, 6) is 1.92. The molecule has 1 aliphatic rings. The highest BCUT2D eigenvalue weighted by Crippen LogP contribution is 2.44. The number of rotatable bonds is 8. The Balaban J connectivity index is 0.00000145. The molecule has 0 N–H and O–H groups in total. The van der Waals surface area contributed by atoms with E-state index in [4.69, 9.17) is 4.74 Å². The summed E-state index contributed by atoms with van der Waals surface area (Å²) in [6.07, 6.45) is 4.91. The molecule has 1 heterocycles. The highest BCUT2D eigenvalue weighted by atomic mass is 16.5. The molecule has 0 unspecified atom stereocenters. The summed E-state index contributed by atoms with van der Waals surface area (Å²) in [6.45, 7) is 25.2. The van der Waals surface area contributed by atoms with Crippen LogP contribution in [0, 0.1) is 11.8 Å². The maximum absolute atomic E-state index is 12.6. The second kappa shape index (κ2) is 17.6. The third kappa shape index (κ3) is 10.6. The quantitative estimate of drug-likeness (QED) is 0.263. The van der Waals surface area contributed by atoms with Crippen LogP contribution >= 0.6 is 0 Å². The van der Waals surface area contributed by atoms with Crippen molar-refractivity contribution in [2.75, 3.05) is 7.11 Å². The molecule has 0 bridgehead atoms. The SMILES string of the molecule is C=C(/C(=C(\C)c1cc(=O)c(C(C)=O)cn1CCC)c1ccc(OC)cc1)C1CC1.CC.CC.CC(C)C. The molecule has 0 spiro atoms. The minimum Gasteiger partial charge on any atom is -0.497 e. The number of pyridine rings is 1. The van der Waals surface area contributed by atoms with Gasteiger partial charge in [-0.15, -0.1) is 0 Å². The van der Waals surface area contributed by atoms with E-state index in [1.807, 2.05) is 63.5 Å². The first-order valence-electron chi connectivity index (χ1n) is 13.9. The number of hydrogen-bond acceptors (Lipinski definition) is 3. The second-order valence-corrected chi connectivity index (χ2v) is 9.45. The van der Waals surface area contributed by atoms with E-state index in [-0.39, 0.29) is 16.8 Å². The number of Topliss-reactive ketones (excluding diaryl/α,β-unsaturated/α-hetero) is 1. The summed E-state index contributed by atoms with van der Waals surface area (Å²) < 4.78 is 7.33. The summed E-state index contributed by atoms with van der Waals surface area (Å²) in [5.41, 5.74) is 5.11. The molecule has 0 amide bonds. The molecule has 1 aromatic carbocycles. The van der Waals surface area contributed by atoms with Gasteiger partial charge >= 0.3 is 0 Å². The fourth-order valence-electron chi connectivity index (χ4n) is 3.75. The zero-order chi connectivity index (χ0) is 28.7. The first kappa shape index (κ1) is 34.1. The average molecular weight is 510 g/mol. The lowest BCUT2D eigenvalue weighted by Crippen LogP contribution is -2.19. The standard InChI is InChI=1S/C25H29NO3.C4H10.2C2H6/c1-6-13-26-15-22(18(4)27)24(28)14-23(26)17(3)25(16(2)19-7-8-19)20-9-11-21(29-5)12-10-20;1-4(2)3;2*1-2/h9-12,14-15,19H,2,6-8,13H2,1,3-5H3;4H,1-3H3;2*1-2H3/b25-17-;;;. The van der Waals surface area contributed by atoms with Gasteiger partial charge < -0.3 is 9.30 Å². The number of carbonyl (C=O) groups excluding carboxylic acids is 1. The lowest BCUT2D eigenvalue weighted by Gasteiger charge is -2.20. The maximum atomic E-state index is 12.6. The summed E-state index contributed by atoms with van der Waals surface area (Å²) in [4.78, 5) is 24.5. The number of hydrogen-bond donors (Lipinski definition) is 0. The number of benzene rings is 1. The van der Waals surface area contributed by atoms with E-state index in [1.165, 1.54) is 6.92 Å². The topological polar surface area (TPSA) is 48.3 Å². The number of aromatic nitrogens is 1. The molecule has 0 aliphatic heterocycles. The Kier molecular flexibility index (Phi) is 16.2. The van der Waals surface area contributed by atoms with Gasteiger partial charge in [0.05, 0.1) is 12.7 Å². The number of methoxy groups -OCH3 is 1. The minimum atomic E-state index is -0.231. The molecule has 1 fully saturated rings. The van der Waals surface area contributed by atoms with Crippen molar-refractivity contribution in [2.24, 2.45) is 11.8 Å². The fraction of sp³-hybridized carbons (Fsp3) is 0.515. The second-order valence-electron chi connectivity index (χ2n) is 9.45. The molecule has 0 atom stereocenters. The normalized spacial score (nSPS) is 12.5. The molecule has 2 aromatic rings. The lowest BCUT2D eigenvalue weighted by atomic mass is 9.90. The predicted molar refractivity (Wildman–Crippen MR) is 162 cm³/mol. The van der Waals surface area contributed by atoms with Crippen LogP contribution in [0.15, 0.2) is 53.5 Å². The minimum absolute atomic E-state index is 0.203. The van der Waals surface area contributed by atoms with Crippen molar-refractivity contribution >= 4 is 16.9 Å². The molecule has 3 rings (SSSR count). The van der Waals surface area contributed by atoms with E-state index in [1.54, 1.807) is 19.4 Å². The van der Waals surface area contributed by atoms with Crippen LogP contribution in [0.5, 0.6) is 5.75 Å². The average Bonchev–Trinajstić information content (AvgIpc) is 3.73. The van der Waals surface area contributed by atoms with E-state index < -0.39 is 0 Å². The highest BCUT2D eigenvalue weighted by Gasteiger charge is 2.29. The predicted octanol–water partition coefficient (Wildman–Crippen LogP) is 9.08. The number of ketones is 1. The summed E-state index contributed by atoms with van der Waals surface area (Å²) >= 11 is 0. The molecule has 0 radical (unpaired) electrons. The van der Waals surface area contributed by atoms with Crippen LogP contribution in [-0.2, 0) is 6.54 Å². The van der Waals surface area contributed by atoms with Crippen molar-refractivity contribution in [1.82, 2.24) is 4.57 Å². The summed E-state index contributed by atoms with van der Waals surface area (Å²) in [6, 6.07) is 9.57. The van der Waals surface area contributed by atoms with Gasteiger partial charge in [0.2, 0.25) is 0 Å². The third-order valence-electron chi connectivity index (χ3n) is 5.50. The molecule has 4 heteroatoms.